The molecule has 0 amide bonds. The molecule has 0 aliphatic carbocycles. The molecule has 6 heteroatoms. The molecular weight excluding hydrogens is 222 g/mol. The maximum atomic E-state index is 11.3. The normalized spacial score (nSPS) is 9.73. The number of halogens is 1. The summed E-state index contributed by atoms with van der Waals surface area (Å²) in [7, 11) is 1.46. The van der Waals surface area contributed by atoms with Gasteiger partial charge in [-0.1, -0.05) is 11.6 Å². The SMILES string of the molecule is COc1ccc(C(=O)C[N+](=O)[O-])c(Cl)c1. The van der Waals surface area contributed by atoms with Gasteiger partial charge in [-0.3, -0.25) is 14.9 Å². The largest absolute Gasteiger partial charge is 0.497 e. The molecule has 0 fully saturated rings. The highest BCUT2D eigenvalue weighted by atomic mass is 35.5. The minimum Gasteiger partial charge on any atom is -0.497 e. The summed E-state index contributed by atoms with van der Waals surface area (Å²) < 4.78 is 4.88. The van der Waals surface area contributed by atoms with Crippen LogP contribution in [0.1, 0.15) is 10.4 Å². The van der Waals surface area contributed by atoms with Gasteiger partial charge in [-0.15, -0.1) is 0 Å². The van der Waals surface area contributed by atoms with Crippen LogP contribution in [-0.2, 0) is 0 Å². The van der Waals surface area contributed by atoms with E-state index in [1.165, 1.54) is 25.3 Å². The number of rotatable bonds is 4. The fraction of sp³-hybridized carbons (Fsp3) is 0.222. The first-order valence-corrected chi connectivity index (χ1v) is 4.41. The Bertz CT molecular complexity index is 405. The van der Waals surface area contributed by atoms with Gasteiger partial charge in [-0.25, -0.2) is 0 Å². The van der Waals surface area contributed by atoms with E-state index < -0.39 is 17.3 Å². The van der Waals surface area contributed by atoms with Gasteiger partial charge in [0.2, 0.25) is 5.78 Å². The molecule has 5 nitrogen and oxygen atoms in total. The van der Waals surface area contributed by atoms with Crippen molar-refractivity contribution in [2.45, 2.75) is 0 Å². The van der Waals surface area contributed by atoms with Gasteiger partial charge in [-0.2, -0.15) is 0 Å². The van der Waals surface area contributed by atoms with Crippen molar-refractivity contribution in [2.24, 2.45) is 0 Å². The van der Waals surface area contributed by atoms with Crippen molar-refractivity contribution in [1.82, 2.24) is 0 Å². The van der Waals surface area contributed by atoms with Gasteiger partial charge in [0.1, 0.15) is 5.75 Å². The Hall–Kier alpha value is -1.62. The number of benzene rings is 1. The molecule has 15 heavy (non-hydrogen) atoms. The second-order valence-corrected chi connectivity index (χ2v) is 3.17. The smallest absolute Gasteiger partial charge is 0.265 e. The van der Waals surface area contributed by atoms with Crippen LogP contribution in [0.25, 0.3) is 0 Å². The van der Waals surface area contributed by atoms with Crippen LogP contribution in [0.2, 0.25) is 5.02 Å². The summed E-state index contributed by atoms with van der Waals surface area (Å²) >= 11 is 5.76. The summed E-state index contributed by atoms with van der Waals surface area (Å²) in [5.41, 5.74) is 0.133. The maximum Gasteiger partial charge on any atom is 0.265 e. The van der Waals surface area contributed by atoms with Gasteiger partial charge in [-0.05, 0) is 18.2 Å². The average molecular weight is 230 g/mol. The van der Waals surface area contributed by atoms with E-state index in [2.05, 4.69) is 0 Å². The Labute approximate surface area is 90.8 Å². The number of Topliss-reactive ketones (excluding diaryl/α,β-unsaturated/α-hetero) is 1. The number of hydrogen-bond donors (Lipinski definition) is 0. The summed E-state index contributed by atoms with van der Waals surface area (Å²) in [6.45, 7) is -0.758. The lowest BCUT2D eigenvalue weighted by Crippen LogP contribution is -2.14. The first kappa shape index (κ1) is 11.5. The van der Waals surface area contributed by atoms with Crippen LogP contribution >= 0.6 is 11.6 Å². The summed E-state index contributed by atoms with van der Waals surface area (Å²) in [4.78, 5) is 20.8. The fourth-order valence-corrected chi connectivity index (χ4v) is 1.33. The van der Waals surface area contributed by atoms with Gasteiger partial charge in [0, 0.05) is 10.5 Å². The van der Waals surface area contributed by atoms with Crippen molar-refractivity contribution < 1.29 is 14.5 Å². The first-order chi connectivity index (χ1) is 7.04. The van der Waals surface area contributed by atoms with Crippen molar-refractivity contribution in [3.8, 4) is 5.75 Å². The Kier molecular flexibility index (Phi) is 3.62. The van der Waals surface area contributed by atoms with Crippen LogP contribution in [0.5, 0.6) is 5.75 Å². The Morgan fingerprint density at radius 3 is 2.73 bits per heavy atom. The predicted octanol–water partition coefficient (Wildman–Crippen LogP) is 1.81. The third-order valence-corrected chi connectivity index (χ3v) is 2.06. The number of carbonyl (C=O) groups excluding carboxylic acids is 1. The first-order valence-electron chi connectivity index (χ1n) is 4.03. The van der Waals surface area contributed by atoms with Crippen LogP contribution in [0.4, 0.5) is 0 Å². The highest BCUT2D eigenvalue weighted by Crippen LogP contribution is 2.22. The van der Waals surface area contributed by atoms with Crippen molar-refractivity contribution in [3.63, 3.8) is 0 Å². The summed E-state index contributed by atoms with van der Waals surface area (Å²) in [6, 6.07) is 4.38. The van der Waals surface area contributed by atoms with Gasteiger partial charge >= 0.3 is 0 Å². The molecule has 0 radical (unpaired) electrons. The topological polar surface area (TPSA) is 69.4 Å². The molecule has 0 atom stereocenters. The molecule has 0 spiro atoms. The number of ketones is 1. The molecule has 80 valence electrons. The summed E-state index contributed by atoms with van der Waals surface area (Å²) in [5, 5.41) is 10.3. The number of nitro groups is 1. The second kappa shape index (κ2) is 4.75. The van der Waals surface area contributed by atoms with Crippen LogP contribution in [-0.4, -0.2) is 24.4 Å². The van der Waals surface area contributed by atoms with E-state index in [9.17, 15) is 14.9 Å². The Morgan fingerprint density at radius 1 is 1.60 bits per heavy atom. The summed E-state index contributed by atoms with van der Waals surface area (Å²) in [6.07, 6.45) is 0. The molecule has 0 aromatic heterocycles. The second-order valence-electron chi connectivity index (χ2n) is 2.76. The monoisotopic (exact) mass is 229 g/mol. The maximum absolute atomic E-state index is 11.3. The van der Waals surface area contributed by atoms with Crippen molar-refractivity contribution in [2.75, 3.05) is 13.7 Å². The number of nitrogens with zero attached hydrogens (tertiary/aromatic N) is 1. The molecule has 0 aliphatic heterocycles. The van der Waals surface area contributed by atoms with Crippen LogP contribution in [0, 0.1) is 10.1 Å². The molecule has 0 heterocycles. The van der Waals surface area contributed by atoms with Crippen LogP contribution < -0.4 is 4.74 Å². The quantitative estimate of drug-likeness (QED) is 0.449. The molecule has 1 rings (SSSR count). The lowest BCUT2D eigenvalue weighted by atomic mass is 10.1. The highest BCUT2D eigenvalue weighted by Gasteiger charge is 2.16. The van der Waals surface area contributed by atoms with Crippen LogP contribution in [0.15, 0.2) is 18.2 Å². The minimum absolute atomic E-state index is 0.133. The number of carbonyl (C=O) groups is 1. The van der Waals surface area contributed by atoms with Crippen LogP contribution in [0.3, 0.4) is 0 Å². The van der Waals surface area contributed by atoms with Crippen molar-refractivity contribution >= 4 is 17.4 Å². The minimum atomic E-state index is -0.758. The third kappa shape index (κ3) is 2.92. The molecule has 0 unspecified atom stereocenters. The predicted molar refractivity (Wildman–Crippen MR) is 54.2 cm³/mol. The Balaban J connectivity index is 2.95. The van der Waals surface area contributed by atoms with Gasteiger partial charge in [0.05, 0.1) is 12.1 Å². The highest BCUT2D eigenvalue weighted by molar-refractivity contribution is 6.34. The standard InChI is InChI=1S/C9H8ClNO4/c1-15-6-2-3-7(8(10)4-6)9(12)5-11(13)14/h2-4H,5H2,1H3. The van der Waals surface area contributed by atoms with E-state index in [-0.39, 0.29) is 10.6 Å². The Morgan fingerprint density at radius 2 is 2.27 bits per heavy atom. The fourth-order valence-electron chi connectivity index (χ4n) is 1.05. The van der Waals surface area contributed by atoms with Crippen molar-refractivity contribution in [1.29, 1.82) is 0 Å². The zero-order valence-electron chi connectivity index (χ0n) is 7.90. The lowest BCUT2D eigenvalue weighted by molar-refractivity contribution is -0.465. The van der Waals surface area contributed by atoms with Crippen molar-refractivity contribution in [3.05, 3.63) is 38.9 Å². The van der Waals surface area contributed by atoms with E-state index >= 15 is 0 Å². The van der Waals surface area contributed by atoms with E-state index in [1.807, 2.05) is 0 Å². The molecule has 0 bridgehead atoms. The molecule has 1 aromatic carbocycles. The number of ether oxygens (including phenoxy) is 1. The molecule has 0 N–H and O–H groups in total. The van der Waals surface area contributed by atoms with E-state index in [1.54, 1.807) is 0 Å². The molecular formula is C9H8ClNO4. The zero-order valence-corrected chi connectivity index (χ0v) is 8.65. The molecule has 0 saturated carbocycles. The molecule has 0 aliphatic rings. The third-order valence-electron chi connectivity index (χ3n) is 1.75. The van der Waals surface area contributed by atoms with E-state index in [0.717, 1.165) is 0 Å². The number of hydrogen-bond acceptors (Lipinski definition) is 4. The lowest BCUT2D eigenvalue weighted by Gasteiger charge is -2.03. The van der Waals surface area contributed by atoms with Gasteiger partial charge in [0.15, 0.2) is 0 Å². The average Bonchev–Trinajstić information content (AvgIpc) is 2.16. The molecule has 0 saturated heterocycles. The number of methoxy groups -OCH3 is 1. The molecule has 1 aromatic rings. The zero-order chi connectivity index (χ0) is 11.4. The van der Waals surface area contributed by atoms with E-state index in [4.69, 9.17) is 16.3 Å². The summed E-state index contributed by atoms with van der Waals surface area (Å²) in [5.74, 6) is -0.120. The van der Waals surface area contributed by atoms with E-state index in [0.29, 0.717) is 5.75 Å². The van der Waals surface area contributed by atoms with Gasteiger partial charge in [0.25, 0.3) is 6.54 Å². The van der Waals surface area contributed by atoms with Gasteiger partial charge < -0.3 is 4.74 Å².